The maximum absolute atomic E-state index is 7.23. The van der Waals surface area contributed by atoms with Gasteiger partial charge >= 0.3 is 0 Å². The highest BCUT2D eigenvalue weighted by atomic mass is 15.0. The van der Waals surface area contributed by atoms with Crippen molar-refractivity contribution < 1.29 is 0 Å². The van der Waals surface area contributed by atoms with Crippen molar-refractivity contribution in [1.82, 2.24) is 10.3 Å². The molecule has 1 aromatic rings. The lowest BCUT2D eigenvalue weighted by Crippen LogP contribution is -2.35. The summed E-state index contributed by atoms with van der Waals surface area (Å²) in [4.78, 5) is 3.07. The van der Waals surface area contributed by atoms with Gasteiger partial charge in [-0.25, -0.2) is 0 Å². The van der Waals surface area contributed by atoms with E-state index in [0.29, 0.717) is 5.69 Å². The van der Waals surface area contributed by atoms with Crippen molar-refractivity contribution in [3.8, 4) is 0 Å². The van der Waals surface area contributed by atoms with E-state index in [1.165, 1.54) is 0 Å². The molecule has 1 heterocycles. The number of amidine groups is 1. The zero-order valence-corrected chi connectivity index (χ0v) is 8.94. The van der Waals surface area contributed by atoms with E-state index in [4.69, 9.17) is 11.1 Å². The summed E-state index contributed by atoms with van der Waals surface area (Å²) < 4.78 is 0. The first-order valence-electron chi connectivity index (χ1n) is 4.66. The van der Waals surface area contributed by atoms with Gasteiger partial charge in [0.25, 0.3) is 0 Å². The molecule has 14 heavy (non-hydrogen) atoms. The van der Waals surface area contributed by atoms with Crippen molar-refractivity contribution in [2.24, 2.45) is 5.73 Å². The molecule has 0 aliphatic rings. The summed E-state index contributed by atoms with van der Waals surface area (Å²) in [5, 5.41) is 10.6. The predicted molar refractivity (Wildman–Crippen MR) is 58.4 cm³/mol. The van der Waals surface area contributed by atoms with Gasteiger partial charge in [-0.1, -0.05) is 0 Å². The minimum Gasteiger partial charge on any atom is -0.382 e. The van der Waals surface area contributed by atoms with Crippen LogP contribution < -0.4 is 11.1 Å². The SMILES string of the molecule is CC(C)(C)NCc1ccc(C(=N)N)[nH]1. The second kappa shape index (κ2) is 3.84. The van der Waals surface area contributed by atoms with Crippen LogP contribution in [0.4, 0.5) is 0 Å². The topological polar surface area (TPSA) is 77.7 Å². The molecule has 78 valence electrons. The van der Waals surface area contributed by atoms with Gasteiger partial charge in [0, 0.05) is 17.8 Å². The van der Waals surface area contributed by atoms with Gasteiger partial charge in [0.15, 0.2) is 0 Å². The quantitative estimate of drug-likeness (QED) is 0.431. The van der Waals surface area contributed by atoms with Crippen LogP contribution in [0, 0.1) is 5.41 Å². The molecular formula is C10H18N4. The van der Waals surface area contributed by atoms with E-state index in [1.54, 1.807) is 0 Å². The first-order valence-corrected chi connectivity index (χ1v) is 4.66. The van der Waals surface area contributed by atoms with Gasteiger partial charge in [-0.15, -0.1) is 0 Å². The van der Waals surface area contributed by atoms with Crippen LogP contribution >= 0.6 is 0 Å². The van der Waals surface area contributed by atoms with E-state index in [9.17, 15) is 0 Å². The molecule has 4 heteroatoms. The third kappa shape index (κ3) is 3.22. The van der Waals surface area contributed by atoms with Crippen LogP contribution in [0.25, 0.3) is 0 Å². The minimum absolute atomic E-state index is 0.0759. The molecule has 4 nitrogen and oxygen atoms in total. The fourth-order valence-corrected chi connectivity index (χ4v) is 1.06. The van der Waals surface area contributed by atoms with Gasteiger partial charge in [-0.05, 0) is 32.9 Å². The Hall–Kier alpha value is -1.29. The molecule has 0 atom stereocenters. The molecule has 0 unspecified atom stereocenters. The molecule has 0 spiro atoms. The summed E-state index contributed by atoms with van der Waals surface area (Å²) in [6.45, 7) is 7.10. The van der Waals surface area contributed by atoms with E-state index in [-0.39, 0.29) is 11.4 Å². The standard InChI is InChI=1S/C10H18N4/c1-10(2,3)13-6-7-4-5-8(14-7)9(11)12/h4-5,13-14H,6H2,1-3H3,(H3,11,12). The molecule has 5 N–H and O–H groups in total. The Kier molecular flexibility index (Phi) is 2.96. The first kappa shape index (κ1) is 10.8. The number of aromatic nitrogens is 1. The van der Waals surface area contributed by atoms with Crippen molar-refractivity contribution in [3.05, 3.63) is 23.5 Å². The number of hydrogen-bond acceptors (Lipinski definition) is 2. The zero-order chi connectivity index (χ0) is 10.8. The van der Waals surface area contributed by atoms with Gasteiger partial charge in [0.2, 0.25) is 0 Å². The Morgan fingerprint density at radius 3 is 2.57 bits per heavy atom. The Bertz CT molecular complexity index is 319. The lowest BCUT2D eigenvalue weighted by atomic mass is 10.1. The van der Waals surface area contributed by atoms with Gasteiger partial charge in [-0.2, -0.15) is 0 Å². The second-order valence-electron chi connectivity index (χ2n) is 4.41. The predicted octanol–water partition coefficient (Wildman–Crippen LogP) is 1.19. The third-order valence-electron chi connectivity index (χ3n) is 1.85. The molecule has 0 aliphatic heterocycles. The Morgan fingerprint density at radius 1 is 1.50 bits per heavy atom. The van der Waals surface area contributed by atoms with E-state index in [1.807, 2.05) is 12.1 Å². The van der Waals surface area contributed by atoms with Gasteiger partial charge < -0.3 is 16.0 Å². The molecule has 0 aromatic carbocycles. The number of nitrogen functional groups attached to an aromatic ring is 1. The Morgan fingerprint density at radius 2 is 2.14 bits per heavy atom. The molecule has 0 radical (unpaired) electrons. The van der Waals surface area contributed by atoms with Crippen molar-refractivity contribution in [1.29, 1.82) is 5.41 Å². The number of H-pyrrole nitrogens is 1. The number of aromatic amines is 1. The maximum atomic E-state index is 7.23. The monoisotopic (exact) mass is 194 g/mol. The highest BCUT2D eigenvalue weighted by Gasteiger charge is 2.09. The van der Waals surface area contributed by atoms with Crippen molar-refractivity contribution in [3.63, 3.8) is 0 Å². The molecule has 1 rings (SSSR count). The first-order chi connectivity index (χ1) is 6.38. The molecule has 0 fully saturated rings. The smallest absolute Gasteiger partial charge is 0.139 e. The van der Waals surface area contributed by atoms with Gasteiger partial charge in [-0.3, -0.25) is 5.41 Å². The summed E-state index contributed by atoms with van der Waals surface area (Å²) in [6, 6.07) is 3.76. The lowest BCUT2D eigenvalue weighted by Gasteiger charge is -2.19. The molecule has 0 aliphatic carbocycles. The number of nitrogens with one attached hydrogen (secondary N) is 3. The summed E-state index contributed by atoms with van der Waals surface area (Å²) in [7, 11) is 0. The van der Waals surface area contributed by atoms with Gasteiger partial charge in [0.1, 0.15) is 5.84 Å². The summed E-state index contributed by atoms with van der Waals surface area (Å²) in [5.74, 6) is 0.0759. The summed E-state index contributed by atoms with van der Waals surface area (Å²) >= 11 is 0. The number of hydrogen-bond donors (Lipinski definition) is 4. The largest absolute Gasteiger partial charge is 0.382 e. The van der Waals surface area contributed by atoms with E-state index in [0.717, 1.165) is 12.2 Å². The van der Waals surface area contributed by atoms with Crippen LogP contribution in [0.2, 0.25) is 0 Å². The zero-order valence-electron chi connectivity index (χ0n) is 8.94. The molecule has 0 saturated heterocycles. The van der Waals surface area contributed by atoms with Crippen LogP contribution in [0.1, 0.15) is 32.2 Å². The average Bonchev–Trinajstić information content (AvgIpc) is 2.47. The van der Waals surface area contributed by atoms with Crippen LogP contribution in [0.15, 0.2) is 12.1 Å². The maximum Gasteiger partial charge on any atom is 0.139 e. The number of rotatable bonds is 3. The third-order valence-corrected chi connectivity index (χ3v) is 1.85. The Balaban J connectivity index is 2.56. The van der Waals surface area contributed by atoms with Crippen LogP contribution in [0.5, 0.6) is 0 Å². The number of nitrogens with two attached hydrogens (primary N) is 1. The summed E-state index contributed by atoms with van der Waals surface area (Å²) in [6.07, 6.45) is 0. The molecule has 1 aromatic heterocycles. The van der Waals surface area contributed by atoms with E-state index in [2.05, 4.69) is 31.1 Å². The van der Waals surface area contributed by atoms with Crippen LogP contribution in [-0.4, -0.2) is 16.4 Å². The molecular weight excluding hydrogens is 176 g/mol. The van der Waals surface area contributed by atoms with Crippen molar-refractivity contribution >= 4 is 5.84 Å². The van der Waals surface area contributed by atoms with Crippen molar-refractivity contribution in [2.75, 3.05) is 0 Å². The van der Waals surface area contributed by atoms with E-state index < -0.39 is 0 Å². The summed E-state index contributed by atoms with van der Waals surface area (Å²) in [5.41, 5.74) is 7.16. The lowest BCUT2D eigenvalue weighted by molar-refractivity contribution is 0.422. The fraction of sp³-hybridized carbons (Fsp3) is 0.500. The van der Waals surface area contributed by atoms with Crippen molar-refractivity contribution in [2.45, 2.75) is 32.9 Å². The highest BCUT2D eigenvalue weighted by molar-refractivity contribution is 5.93. The molecule has 0 bridgehead atoms. The normalized spacial score (nSPS) is 11.6. The highest BCUT2D eigenvalue weighted by Crippen LogP contribution is 2.04. The second-order valence-corrected chi connectivity index (χ2v) is 4.41. The fourth-order valence-electron chi connectivity index (χ4n) is 1.06. The molecule has 0 amide bonds. The average molecular weight is 194 g/mol. The molecule has 0 saturated carbocycles. The minimum atomic E-state index is 0.0759. The van der Waals surface area contributed by atoms with Gasteiger partial charge in [0.05, 0.1) is 5.69 Å². The van der Waals surface area contributed by atoms with Crippen LogP contribution in [0.3, 0.4) is 0 Å². The Labute approximate surface area is 84.4 Å². The van der Waals surface area contributed by atoms with E-state index >= 15 is 0 Å². The van der Waals surface area contributed by atoms with Crippen LogP contribution in [-0.2, 0) is 6.54 Å².